The number of hydrogen-bond acceptors (Lipinski definition) is 2. The predicted octanol–water partition coefficient (Wildman–Crippen LogP) is 0.944. The Labute approximate surface area is 61.7 Å². The van der Waals surface area contributed by atoms with Crippen LogP contribution in [0.25, 0.3) is 0 Å². The fourth-order valence-corrected chi connectivity index (χ4v) is 2.30. The van der Waals surface area contributed by atoms with Gasteiger partial charge in [0.05, 0.1) is 12.0 Å². The molecule has 1 aliphatic heterocycles. The molecule has 2 unspecified atom stereocenters. The number of alkyl halides is 1. The van der Waals surface area contributed by atoms with Crippen LogP contribution in [0.3, 0.4) is 0 Å². The monoisotopic (exact) mass is 190 g/mol. The van der Waals surface area contributed by atoms with Crippen molar-refractivity contribution in [3.63, 3.8) is 0 Å². The summed E-state index contributed by atoms with van der Waals surface area (Å²) in [5.41, 5.74) is -0.0833. The SMILES string of the molecule is O=C1OCC2CC12CBr. The molecule has 0 radical (unpaired) electrons. The lowest BCUT2D eigenvalue weighted by molar-refractivity contribution is -0.144. The Morgan fingerprint density at radius 3 is 2.89 bits per heavy atom. The summed E-state index contributed by atoms with van der Waals surface area (Å²) in [6, 6.07) is 0. The van der Waals surface area contributed by atoms with Gasteiger partial charge in [-0.3, -0.25) is 4.79 Å². The summed E-state index contributed by atoms with van der Waals surface area (Å²) in [6.07, 6.45) is 1.04. The summed E-state index contributed by atoms with van der Waals surface area (Å²) in [7, 11) is 0. The minimum atomic E-state index is -0.0833. The lowest BCUT2D eigenvalue weighted by Crippen LogP contribution is -2.14. The second kappa shape index (κ2) is 1.51. The van der Waals surface area contributed by atoms with Crippen molar-refractivity contribution < 1.29 is 9.53 Å². The lowest BCUT2D eigenvalue weighted by atomic mass is 10.1. The first-order valence-electron chi connectivity index (χ1n) is 3.03. The summed E-state index contributed by atoms with van der Waals surface area (Å²) in [5.74, 6) is 0.536. The van der Waals surface area contributed by atoms with E-state index < -0.39 is 0 Å². The third-order valence-electron chi connectivity index (χ3n) is 2.29. The van der Waals surface area contributed by atoms with Crippen molar-refractivity contribution in [2.75, 3.05) is 11.9 Å². The molecular formula is C6H7BrO2. The van der Waals surface area contributed by atoms with Crippen LogP contribution in [0.2, 0.25) is 0 Å². The van der Waals surface area contributed by atoms with Crippen LogP contribution in [0.1, 0.15) is 6.42 Å². The highest BCUT2D eigenvalue weighted by molar-refractivity contribution is 9.09. The molecule has 1 saturated heterocycles. The van der Waals surface area contributed by atoms with Gasteiger partial charge in [0, 0.05) is 11.2 Å². The van der Waals surface area contributed by atoms with E-state index >= 15 is 0 Å². The molecule has 1 heterocycles. The minimum Gasteiger partial charge on any atom is -0.465 e. The van der Waals surface area contributed by atoms with Crippen LogP contribution in [0.4, 0.5) is 0 Å². The van der Waals surface area contributed by atoms with E-state index in [0.29, 0.717) is 12.5 Å². The van der Waals surface area contributed by atoms with Gasteiger partial charge in [-0.1, -0.05) is 15.9 Å². The molecule has 1 aliphatic carbocycles. The van der Waals surface area contributed by atoms with Crippen molar-refractivity contribution in [3.8, 4) is 0 Å². The molecule has 0 aromatic rings. The van der Waals surface area contributed by atoms with E-state index in [2.05, 4.69) is 15.9 Å². The first-order chi connectivity index (χ1) is 4.29. The van der Waals surface area contributed by atoms with E-state index in [4.69, 9.17) is 4.74 Å². The fourth-order valence-electron chi connectivity index (χ4n) is 1.39. The zero-order chi connectivity index (χ0) is 6.48. The van der Waals surface area contributed by atoms with Gasteiger partial charge in [-0.25, -0.2) is 0 Å². The molecule has 2 rings (SSSR count). The van der Waals surface area contributed by atoms with Gasteiger partial charge >= 0.3 is 5.97 Å². The zero-order valence-corrected chi connectivity index (χ0v) is 6.48. The molecule has 3 heteroatoms. The fraction of sp³-hybridized carbons (Fsp3) is 0.833. The summed E-state index contributed by atoms with van der Waals surface area (Å²) < 4.78 is 4.84. The molecule has 0 N–H and O–H groups in total. The molecule has 0 aromatic carbocycles. The Bertz CT molecular complexity index is 164. The van der Waals surface area contributed by atoms with Crippen LogP contribution in [-0.4, -0.2) is 17.9 Å². The quantitative estimate of drug-likeness (QED) is 0.455. The number of rotatable bonds is 1. The van der Waals surface area contributed by atoms with Gasteiger partial charge in [-0.15, -0.1) is 0 Å². The highest BCUT2D eigenvalue weighted by atomic mass is 79.9. The largest absolute Gasteiger partial charge is 0.465 e. The van der Waals surface area contributed by atoms with Gasteiger partial charge in [0.2, 0.25) is 0 Å². The average Bonchev–Trinajstić information content (AvgIpc) is 2.52. The van der Waals surface area contributed by atoms with E-state index in [1.165, 1.54) is 0 Å². The lowest BCUT2D eigenvalue weighted by Gasteiger charge is -2.01. The highest BCUT2D eigenvalue weighted by Gasteiger charge is 2.65. The molecule has 0 aromatic heterocycles. The topological polar surface area (TPSA) is 26.3 Å². The molecule has 1 saturated carbocycles. The zero-order valence-electron chi connectivity index (χ0n) is 4.89. The van der Waals surface area contributed by atoms with Crippen molar-refractivity contribution in [2.24, 2.45) is 11.3 Å². The molecule has 2 nitrogen and oxygen atoms in total. The second-order valence-electron chi connectivity index (χ2n) is 2.79. The normalized spacial score (nSPS) is 46.3. The first-order valence-corrected chi connectivity index (χ1v) is 4.15. The number of carbonyl (C=O) groups is 1. The van der Waals surface area contributed by atoms with Gasteiger partial charge in [-0.2, -0.15) is 0 Å². The maximum Gasteiger partial charge on any atom is 0.313 e. The Morgan fingerprint density at radius 2 is 2.67 bits per heavy atom. The van der Waals surface area contributed by atoms with Crippen LogP contribution in [0.5, 0.6) is 0 Å². The summed E-state index contributed by atoms with van der Waals surface area (Å²) in [4.78, 5) is 10.9. The molecule has 0 amide bonds. The van der Waals surface area contributed by atoms with Crippen LogP contribution >= 0.6 is 15.9 Å². The number of ether oxygens (including phenoxy) is 1. The number of cyclic esters (lactones) is 1. The van der Waals surface area contributed by atoms with Crippen LogP contribution in [-0.2, 0) is 9.53 Å². The van der Waals surface area contributed by atoms with Gasteiger partial charge < -0.3 is 4.74 Å². The second-order valence-corrected chi connectivity index (χ2v) is 3.35. The molecule has 50 valence electrons. The predicted molar refractivity (Wildman–Crippen MR) is 35.3 cm³/mol. The van der Waals surface area contributed by atoms with Crippen LogP contribution in [0.15, 0.2) is 0 Å². The molecular weight excluding hydrogens is 184 g/mol. The number of carbonyl (C=O) groups excluding carboxylic acids is 1. The maximum absolute atomic E-state index is 10.9. The van der Waals surface area contributed by atoms with Gasteiger partial charge in [-0.05, 0) is 6.42 Å². The Hall–Kier alpha value is -0.0500. The minimum absolute atomic E-state index is 0.00405. The number of esters is 1. The molecule has 2 aliphatic rings. The van der Waals surface area contributed by atoms with Crippen LogP contribution in [0, 0.1) is 11.3 Å². The third kappa shape index (κ3) is 0.534. The Balaban J connectivity index is 2.23. The van der Waals surface area contributed by atoms with E-state index in [0.717, 1.165) is 11.8 Å². The highest BCUT2D eigenvalue weighted by Crippen LogP contribution is 2.58. The number of halogens is 1. The van der Waals surface area contributed by atoms with E-state index in [1.54, 1.807) is 0 Å². The standard InChI is InChI=1S/C6H7BrO2/c7-3-6-1-4(6)2-9-5(6)8/h4H,1-3H2. The summed E-state index contributed by atoms with van der Waals surface area (Å²) in [5, 5.41) is 0.781. The van der Waals surface area contributed by atoms with Crippen LogP contribution < -0.4 is 0 Å². The summed E-state index contributed by atoms with van der Waals surface area (Å²) >= 11 is 3.31. The van der Waals surface area contributed by atoms with E-state index in [1.807, 2.05) is 0 Å². The number of hydrogen-bond donors (Lipinski definition) is 0. The molecule has 2 atom stereocenters. The van der Waals surface area contributed by atoms with Crippen molar-refractivity contribution in [1.29, 1.82) is 0 Å². The van der Waals surface area contributed by atoms with Crippen molar-refractivity contribution in [1.82, 2.24) is 0 Å². The third-order valence-corrected chi connectivity index (χ3v) is 3.29. The smallest absolute Gasteiger partial charge is 0.313 e. The average molecular weight is 191 g/mol. The van der Waals surface area contributed by atoms with Crippen molar-refractivity contribution in [2.45, 2.75) is 6.42 Å². The van der Waals surface area contributed by atoms with Gasteiger partial charge in [0.1, 0.15) is 0 Å². The maximum atomic E-state index is 10.9. The molecule has 9 heavy (non-hydrogen) atoms. The first kappa shape index (κ1) is 5.71. The van der Waals surface area contributed by atoms with Gasteiger partial charge in [0.25, 0.3) is 0 Å². The molecule has 2 fully saturated rings. The van der Waals surface area contributed by atoms with E-state index in [9.17, 15) is 4.79 Å². The molecule has 0 spiro atoms. The van der Waals surface area contributed by atoms with Gasteiger partial charge in [0.15, 0.2) is 0 Å². The number of fused-ring (bicyclic) bond motifs is 1. The van der Waals surface area contributed by atoms with Crippen molar-refractivity contribution >= 4 is 21.9 Å². The molecule has 0 bridgehead atoms. The van der Waals surface area contributed by atoms with E-state index in [-0.39, 0.29) is 11.4 Å². The van der Waals surface area contributed by atoms with Crippen molar-refractivity contribution in [3.05, 3.63) is 0 Å². The Kier molecular flexibility index (Phi) is 0.958. The Morgan fingerprint density at radius 1 is 1.89 bits per heavy atom. The summed E-state index contributed by atoms with van der Waals surface area (Å²) in [6.45, 7) is 0.657.